The van der Waals surface area contributed by atoms with Crippen LogP contribution in [-0.4, -0.2) is 41.7 Å². The number of nitrogens with one attached hydrogen (secondary N) is 1. The van der Waals surface area contributed by atoms with Gasteiger partial charge >= 0.3 is 5.97 Å². The second-order valence-corrected chi connectivity index (χ2v) is 3.41. The summed E-state index contributed by atoms with van der Waals surface area (Å²) in [5.41, 5.74) is 1.02. The number of aryl methyl sites for hydroxylation is 1. The van der Waals surface area contributed by atoms with Crippen LogP contribution in [0.1, 0.15) is 16.1 Å². The topological polar surface area (TPSA) is 88.5 Å². The van der Waals surface area contributed by atoms with E-state index in [4.69, 9.17) is 9.84 Å². The highest BCUT2D eigenvalue weighted by atomic mass is 16.5. The number of amides is 1. The van der Waals surface area contributed by atoms with Crippen molar-refractivity contribution in [2.75, 3.05) is 13.7 Å². The third-order valence-corrected chi connectivity index (χ3v) is 2.26. The van der Waals surface area contributed by atoms with E-state index in [2.05, 4.69) is 10.3 Å². The molecule has 0 aliphatic carbocycles. The number of nitrogens with zero attached hydrogens (tertiary/aromatic N) is 1. The molecule has 0 spiro atoms. The van der Waals surface area contributed by atoms with Gasteiger partial charge in [-0.3, -0.25) is 9.78 Å². The molecule has 0 fully saturated rings. The molecule has 1 heterocycles. The SMILES string of the molecule is COC(CNC(=O)c1cccnc1C)C(=O)O. The van der Waals surface area contributed by atoms with Crippen molar-refractivity contribution in [1.82, 2.24) is 10.3 Å². The van der Waals surface area contributed by atoms with Crippen molar-refractivity contribution >= 4 is 11.9 Å². The number of methoxy groups -OCH3 is 1. The van der Waals surface area contributed by atoms with E-state index in [-0.39, 0.29) is 12.5 Å². The van der Waals surface area contributed by atoms with E-state index in [0.717, 1.165) is 0 Å². The van der Waals surface area contributed by atoms with Gasteiger partial charge in [-0.15, -0.1) is 0 Å². The van der Waals surface area contributed by atoms with Crippen LogP contribution in [0.15, 0.2) is 18.3 Å². The lowest BCUT2D eigenvalue weighted by atomic mass is 10.2. The van der Waals surface area contributed by atoms with Crippen molar-refractivity contribution < 1.29 is 19.4 Å². The maximum absolute atomic E-state index is 11.7. The Morgan fingerprint density at radius 1 is 1.59 bits per heavy atom. The number of carboxylic acid groups (broad SMARTS) is 1. The molecule has 0 bridgehead atoms. The minimum absolute atomic E-state index is 0.0843. The van der Waals surface area contributed by atoms with E-state index in [9.17, 15) is 9.59 Å². The molecule has 1 amide bonds. The smallest absolute Gasteiger partial charge is 0.334 e. The average molecular weight is 238 g/mol. The van der Waals surface area contributed by atoms with Crippen molar-refractivity contribution in [2.24, 2.45) is 0 Å². The Morgan fingerprint density at radius 3 is 2.82 bits per heavy atom. The molecule has 6 nitrogen and oxygen atoms in total. The molecule has 0 saturated heterocycles. The van der Waals surface area contributed by atoms with Crippen LogP contribution in [0, 0.1) is 6.92 Å². The van der Waals surface area contributed by atoms with Gasteiger partial charge in [0.2, 0.25) is 0 Å². The summed E-state index contributed by atoms with van der Waals surface area (Å²) in [4.78, 5) is 26.3. The van der Waals surface area contributed by atoms with E-state index < -0.39 is 12.1 Å². The van der Waals surface area contributed by atoms with E-state index in [1.54, 1.807) is 25.3 Å². The summed E-state index contributed by atoms with van der Waals surface area (Å²) in [6.07, 6.45) is 0.539. The molecular weight excluding hydrogens is 224 g/mol. The number of carboxylic acids is 1. The number of rotatable bonds is 5. The number of carbonyl (C=O) groups excluding carboxylic acids is 1. The van der Waals surface area contributed by atoms with Gasteiger partial charge in [-0.2, -0.15) is 0 Å². The molecular formula is C11H14N2O4. The lowest BCUT2D eigenvalue weighted by Gasteiger charge is -2.12. The molecule has 2 N–H and O–H groups in total. The van der Waals surface area contributed by atoms with Crippen LogP contribution in [0.25, 0.3) is 0 Å². The number of hydrogen-bond acceptors (Lipinski definition) is 4. The normalized spacial score (nSPS) is 11.9. The fourth-order valence-electron chi connectivity index (χ4n) is 1.28. The number of hydrogen-bond donors (Lipinski definition) is 2. The first-order valence-corrected chi connectivity index (χ1v) is 5.01. The molecule has 0 aromatic carbocycles. The van der Waals surface area contributed by atoms with Crippen molar-refractivity contribution in [1.29, 1.82) is 0 Å². The van der Waals surface area contributed by atoms with Crippen LogP contribution >= 0.6 is 0 Å². The zero-order valence-corrected chi connectivity index (χ0v) is 9.64. The van der Waals surface area contributed by atoms with Crippen LogP contribution in [0.4, 0.5) is 0 Å². The fourth-order valence-corrected chi connectivity index (χ4v) is 1.28. The van der Waals surface area contributed by atoms with Gasteiger partial charge in [0.05, 0.1) is 12.1 Å². The van der Waals surface area contributed by atoms with Crippen LogP contribution in [0.5, 0.6) is 0 Å². The van der Waals surface area contributed by atoms with Gasteiger partial charge in [-0.25, -0.2) is 4.79 Å². The number of pyridine rings is 1. The van der Waals surface area contributed by atoms with Crippen LogP contribution < -0.4 is 5.32 Å². The quantitative estimate of drug-likeness (QED) is 0.766. The standard InChI is InChI=1S/C11H14N2O4/c1-7-8(4-3-5-12-7)10(14)13-6-9(17-2)11(15)16/h3-5,9H,6H2,1-2H3,(H,13,14)(H,15,16). The van der Waals surface area contributed by atoms with Crippen molar-refractivity contribution in [3.05, 3.63) is 29.6 Å². The van der Waals surface area contributed by atoms with E-state index in [1.807, 2.05) is 0 Å². The summed E-state index contributed by atoms with van der Waals surface area (Å²) in [6.45, 7) is 1.62. The molecule has 6 heteroatoms. The molecule has 1 unspecified atom stereocenters. The van der Waals surface area contributed by atoms with E-state index in [0.29, 0.717) is 11.3 Å². The van der Waals surface area contributed by atoms with Gasteiger partial charge in [-0.1, -0.05) is 0 Å². The first kappa shape index (κ1) is 13.1. The Bertz CT molecular complexity index is 420. The third-order valence-electron chi connectivity index (χ3n) is 2.26. The second-order valence-electron chi connectivity index (χ2n) is 3.41. The maximum atomic E-state index is 11.7. The second kappa shape index (κ2) is 5.95. The monoisotopic (exact) mass is 238 g/mol. The highest BCUT2D eigenvalue weighted by molar-refractivity contribution is 5.95. The molecule has 17 heavy (non-hydrogen) atoms. The summed E-state index contributed by atoms with van der Waals surface area (Å²) < 4.78 is 4.70. The van der Waals surface area contributed by atoms with Gasteiger partial charge in [0.1, 0.15) is 0 Å². The summed E-state index contributed by atoms with van der Waals surface area (Å²) in [5, 5.41) is 11.2. The molecule has 1 aromatic heterocycles. The number of aromatic nitrogens is 1. The Kier molecular flexibility index (Phi) is 4.59. The van der Waals surface area contributed by atoms with Crippen molar-refractivity contribution in [3.8, 4) is 0 Å². The molecule has 1 atom stereocenters. The number of carbonyl (C=O) groups is 2. The summed E-state index contributed by atoms with van der Waals surface area (Å²) in [7, 11) is 1.28. The zero-order valence-electron chi connectivity index (χ0n) is 9.64. The summed E-state index contributed by atoms with van der Waals surface area (Å²) in [5.74, 6) is -1.48. The van der Waals surface area contributed by atoms with Crippen LogP contribution in [0.3, 0.4) is 0 Å². The highest BCUT2D eigenvalue weighted by Crippen LogP contribution is 2.03. The minimum Gasteiger partial charge on any atom is -0.479 e. The molecule has 0 radical (unpaired) electrons. The highest BCUT2D eigenvalue weighted by Gasteiger charge is 2.18. The fraction of sp³-hybridized carbons (Fsp3) is 0.364. The third kappa shape index (κ3) is 3.53. The van der Waals surface area contributed by atoms with Crippen molar-refractivity contribution in [3.63, 3.8) is 0 Å². The molecule has 92 valence electrons. The van der Waals surface area contributed by atoms with Gasteiger partial charge in [0.15, 0.2) is 6.10 Å². The van der Waals surface area contributed by atoms with Crippen molar-refractivity contribution in [2.45, 2.75) is 13.0 Å². The maximum Gasteiger partial charge on any atom is 0.334 e. The lowest BCUT2D eigenvalue weighted by molar-refractivity contribution is -0.147. The van der Waals surface area contributed by atoms with Gasteiger partial charge < -0.3 is 15.2 Å². The van der Waals surface area contributed by atoms with Gasteiger partial charge in [0.25, 0.3) is 5.91 Å². The number of ether oxygens (including phenoxy) is 1. The first-order chi connectivity index (χ1) is 8.06. The molecule has 1 aromatic rings. The summed E-state index contributed by atoms with van der Waals surface area (Å²) in [6, 6.07) is 3.27. The number of aliphatic carboxylic acids is 1. The average Bonchev–Trinajstić information content (AvgIpc) is 2.29. The Balaban J connectivity index is 2.62. The Labute approximate surface area is 98.6 Å². The van der Waals surface area contributed by atoms with Crippen LogP contribution in [0.2, 0.25) is 0 Å². The molecule has 1 rings (SSSR count). The van der Waals surface area contributed by atoms with Gasteiger partial charge in [0, 0.05) is 19.0 Å². The van der Waals surface area contributed by atoms with Gasteiger partial charge in [-0.05, 0) is 19.1 Å². The molecule has 0 saturated carbocycles. The van der Waals surface area contributed by atoms with E-state index >= 15 is 0 Å². The largest absolute Gasteiger partial charge is 0.479 e. The lowest BCUT2D eigenvalue weighted by Crippen LogP contribution is -2.38. The molecule has 0 aliphatic heterocycles. The molecule has 0 aliphatic rings. The predicted octanol–water partition coefficient (Wildman–Crippen LogP) is 0.219. The summed E-state index contributed by atoms with van der Waals surface area (Å²) >= 11 is 0. The predicted molar refractivity (Wildman–Crippen MR) is 59.7 cm³/mol. The Morgan fingerprint density at radius 2 is 2.29 bits per heavy atom. The van der Waals surface area contributed by atoms with Crippen LogP contribution in [-0.2, 0) is 9.53 Å². The van der Waals surface area contributed by atoms with E-state index in [1.165, 1.54) is 7.11 Å². The Hall–Kier alpha value is -1.95. The minimum atomic E-state index is -1.12. The zero-order chi connectivity index (χ0) is 12.8. The first-order valence-electron chi connectivity index (χ1n) is 5.01.